The van der Waals surface area contributed by atoms with Crippen molar-refractivity contribution in [3.8, 4) is 0 Å². The monoisotopic (exact) mass is 895 g/mol. The average molecular weight is 895 g/mol. The Balaban J connectivity index is 5.87. The van der Waals surface area contributed by atoms with Crippen molar-refractivity contribution in [2.75, 3.05) is 26.7 Å². The third kappa shape index (κ3) is 27.2. The van der Waals surface area contributed by atoms with Gasteiger partial charge in [-0.2, -0.15) is 0 Å². The first-order chi connectivity index (χ1) is 30.1. The number of nitrogens with two attached hydrogens (primary N) is 4. The van der Waals surface area contributed by atoms with Gasteiger partial charge in [0.05, 0.1) is 6.61 Å². The van der Waals surface area contributed by atoms with E-state index in [4.69, 9.17) is 22.9 Å². The van der Waals surface area contributed by atoms with E-state index in [2.05, 4.69) is 48.8 Å². The number of unbranched alkanes of at least 4 members (excludes halogenated alkanes) is 12. The van der Waals surface area contributed by atoms with Crippen LogP contribution in [-0.2, 0) is 28.8 Å². The summed E-state index contributed by atoms with van der Waals surface area (Å²) in [6, 6.07) is -5.76. The normalized spacial score (nSPS) is 14.3. The van der Waals surface area contributed by atoms with Crippen LogP contribution in [0.1, 0.15) is 163 Å². The maximum absolute atomic E-state index is 14.0. The summed E-state index contributed by atoms with van der Waals surface area (Å²) >= 11 is 0. The molecule has 0 fully saturated rings. The van der Waals surface area contributed by atoms with Gasteiger partial charge in [0.25, 0.3) is 0 Å². The molecule has 0 saturated carbocycles. The fourth-order valence-corrected chi connectivity index (χ4v) is 6.91. The number of nitrogens with one attached hydrogen (secondary N) is 6. The van der Waals surface area contributed by atoms with Gasteiger partial charge in [0, 0.05) is 26.6 Å². The first kappa shape index (κ1) is 58.3. The third-order valence-corrected chi connectivity index (χ3v) is 11.3. The molecule has 15 N–H and O–H groups in total. The second-order valence-electron chi connectivity index (χ2n) is 16.7. The zero-order chi connectivity index (χ0) is 47.6. The van der Waals surface area contributed by atoms with Crippen LogP contribution in [0.3, 0.4) is 0 Å². The van der Waals surface area contributed by atoms with Gasteiger partial charge >= 0.3 is 0 Å². The minimum Gasteiger partial charge on any atom is -0.394 e. The van der Waals surface area contributed by atoms with Gasteiger partial charge in [-0.15, -0.1) is 0 Å². The van der Waals surface area contributed by atoms with Crippen LogP contribution in [0.15, 0.2) is 9.98 Å². The molecule has 0 rings (SSSR count). The Morgan fingerprint density at radius 1 is 0.492 bits per heavy atom. The van der Waals surface area contributed by atoms with Crippen LogP contribution in [0.5, 0.6) is 0 Å². The number of hydrogen-bond donors (Lipinski definition) is 11. The van der Waals surface area contributed by atoms with E-state index < -0.39 is 72.3 Å². The van der Waals surface area contributed by atoms with Crippen LogP contribution in [-0.4, -0.2) is 109 Å². The molecule has 0 radical (unpaired) electrons. The molecule has 0 unspecified atom stereocenters. The Bertz CT molecular complexity index is 1390. The minimum absolute atomic E-state index is 0.0195. The summed E-state index contributed by atoms with van der Waals surface area (Å²) in [4.78, 5) is 88.5. The second kappa shape index (κ2) is 35.7. The average Bonchev–Trinajstić information content (AvgIpc) is 3.25. The van der Waals surface area contributed by atoms with Gasteiger partial charge in [-0.1, -0.05) is 125 Å². The molecule has 7 atom stereocenters. The number of rotatable bonds is 37. The summed E-state index contributed by atoms with van der Waals surface area (Å²) < 4.78 is 0. The number of guanidine groups is 2. The molecular formula is C44H86N12O7. The number of hydrogen-bond acceptors (Lipinski definition) is 9. The predicted molar refractivity (Wildman–Crippen MR) is 250 cm³/mol. The molecule has 0 bridgehead atoms. The lowest BCUT2D eigenvalue weighted by atomic mass is 9.96. The summed E-state index contributed by atoms with van der Waals surface area (Å²) in [5, 5.41) is 26.1. The number of carbonyl (C=O) groups is 6. The van der Waals surface area contributed by atoms with E-state index in [0.717, 1.165) is 19.3 Å². The molecule has 0 aliphatic heterocycles. The van der Waals surface area contributed by atoms with Crippen LogP contribution in [0.2, 0.25) is 0 Å². The van der Waals surface area contributed by atoms with Crippen LogP contribution < -0.4 is 54.8 Å². The van der Waals surface area contributed by atoms with Gasteiger partial charge in [0.15, 0.2) is 11.9 Å². The van der Waals surface area contributed by atoms with E-state index in [-0.39, 0.29) is 62.5 Å². The summed E-state index contributed by atoms with van der Waals surface area (Å²) in [5.74, 6) is -4.51. The number of aliphatic imine (C=N–C) groups is 2. The van der Waals surface area contributed by atoms with Crippen molar-refractivity contribution in [2.45, 2.75) is 193 Å². The molecule has 364 valence electrons. The van der Waals surface area contributed by atoms with Crippen LogP contribution in [0, 0.1) is 11.8 Å². The van der Waals surface area contributed by atoms with Crippen molar-refractivity contribution in [2.24, 2.45) is 44.8 Å². The highest BCUT2D eigenvalue weighted by atomic mass is 16.3. The Morgan fingerprint density at radius 2 is 0.873 bits per heavy atom. The first-order valence-corrected chi connectivity index (χ1v) is 23.5. The Kier molecular flexibility index (Phi) is 33.1. The maximum atomic E-state index is 14.0. The highest BCUT2D eigenvalue weighted by Crippen LogP contribution is 2.15. The summed E-state index contributed by atoms with van der Waals surface area (Å²) in [5.41, 5.74) is 21.9. The first-order valence-electron chi connectivity index (χ1n) is 23.5. The maximum Gasteiger partial charge on any atom is 0.245 e. The summed E-state index contributed by atoms with van der Waals surface area (Å²) in [6.45, 7) is 9.04. The largest absolute Gasteiger partial charge is 0.394 e. The van der Waals surface area contributed by atoms with Crippen molar-refractivity contribution >= 4 is 47.4 Å². The predicted octanol–water partition coefficient (Wildman–Crippen LogP) is 1.83. The van der Waals surface area contributed by atoms with E-state index >= 15 is 0 Å². The molecular weight excluding hydrogens is 809 g/mol. The zero-order valence-corrected chi connectivity index (χ0v) is 39.4. The van der Waals surface area contributed by atoms with Crippen molar-refractivity contribution in [1.29, 1.82) is 0 Å². The lowest BCUT2D eigenvalue weighted by molar-refractivity contribution is -0.136. The fourth-order valence-electron chi connectivity index (χ4n) is 6.91. The number of likely N-dealkylation sites (N-methyl/N-ethyl adjacent to an activating group) is 1. The van der Waals surface area contributed by atoms with Crippen molar-refractivity contribution in [1.82, 2.24) is 31.9 Å². The number of aliphatic hydroxyl groups excluding tert-OH is 1. The molecule has 6 amide bonds. The van der Waals surface area contributed by atoms with Gasteiger partial charge in [-0.3, -0.25) is 38.8 Å². The van der Waals surface area contributed by atoms with E-state index in [1.54, 1.807) is 13.8 Å². The lowest BCUT2D eigenvalue weighted by Gasteiger charge is -2.29. The Morgan fingerprint density at radius 3 is 1.29 bits per heavy atom. The molecule has 0 spiro atoms. The fraction of sp³-hybridized carbons (Fsp3) is 0.818. The highest BCUT2D eigenvalue weighted by Gasteiger charge is 2.34. The number of amides is 6. The second-order valence-corrected chi connectivity index (χ2v) is 16.7. The van der Waals surface area contributed by atoms with Crippen LogP contribution >= 0.6 is 0 Å². The molecule has 19 nitrogen and oxygen atoms in total. The molecule has 19 heteroatoms. The number of carbonyl (C=O) groups excluding carboxylic acids is 6. The van der Waals surface area contributed by atoms with E-state index in [9.17, 15) is 33.9 Å². The quantitative estimate of drug-likeness (QED) is 0.0243. The molecule has 0 aromatic heterocycles. The number of aliphatic hydroxyl groups is 1. The van der Waals surface area contributed by atoms with Gasteiger partial charge in [0.2, 0.25) is 35.4 Å². The van der Waals surface area contributed by atoms with Gasteiger partial charge in [0.1, 0.15) is 30.2 Å². The topological polar surface area (TPSA) is 324 Å². The third-order valence-electron chi connectivity index (χ3n) is 11.3. The smallest absolute Gasteiger partial charge is 0.245 e. The summed E-state index contributed by atoms with van der Waals surface area (Å²) in [6.07, 6.45) is 17.4. The molecule has 0 heterocycles. The van der Waals surface area contributed by atoms with Crippen LogP contribution in [0.4, 0.5) is 0 Å². The van der Waals surface area contributed by atoms with Crippen molar-refractivity contribution in [3.05, 3.63) is 0 Å². The Labute approximate surface area is 377 Å². The van der Waals surface area contributed by atoms with Crippen molar-refractivity contribution < 1.29 is 33.9 Å². The number of nitrogens with zero attached hydrogens (tertiary/aromatic N) is 2. The van der Waals surface area contributed by atoms with E-state index in [0.29, 0.717) is 25.7 Å². The molecule has 0 aliphatic carbocycles. The van der Waals surface area contributed by atoms with E-state index in [1.165, 1.54) is 64.8 Å². The van der Waals surface area contributed by atoms with Crippen LogP contribution in [0.25, 0.3) is 0 Å². The standard InChI is InChI=1S/C44H86N12O7/c1-7-10-11-12-13-14-15-16-17-18-19-20-21-26-35(58)52-32(24-22-27-50-43(45)46)39(60)56-37(31(5)9-3)42(63)53-33(25-23-28-51-44(47)48)38(59)54-34(29-57)40(61)55-36(30(4)8-2)41(62)49-6/h30-34,36-37,57H,7-29H2,1-6H3,(H,49,62)(H,52,58)(H,53,63)(H,54,59)(H,55,61)(H,56,60)(H4,45,46,50)(H4,47,48,51)/t30-,31-,32-,33-,34-,36-,37-/m0/s1. The Hall–Kier alpha value is -4.68. The van der Waals surface area contributed by atoms with Gasteiger partial charge in [-0.25, -0.2) is 0 Å². The minimum atomic E-state index is -1.46. The molecule has 63 heavy (non-hydrogen) atoms. The van der Waals surface area contributed by atoms with Gasteiger partial charge in [-0.05, 0) is 43.9 Å². The molecule has 0 aliphatic rings. The van der Waals surface area contributed by atoms with E-state index in [1.807, 2.05) is 13.8 Å². The molecule has 0 aromatic carbocycles. The molecule has 0 aromatic rings. The summed E-state index contributed by atoms with van der Waals surface area (Å²) in [7, 11) is 1.44. The zero-order valence-electron chi connectivity index (χ0n) is 39.4. The molecule has 0 saturated heterocycles. The lowest BCUT2D eigenvalue weighted by Crippen LogP contribution is -2.61. The SMILES string of the molecule is CCCCCCCCCCCCCCCC(=O)N[C@@H](CCCN=C(N)N)C(=O)N[C@H](C(=O)N[C@@H](CCCN=C(N)N)C(=O)N[C@@H](CO)C(=O)N[C@H](C(=O)NC)[C@@H](C)CC)[C@@H](C)CC. The highest BCUT2D eigenvalue weighted by molar-refractivity contribution is 5.96. The van der Waals surface area contributed by atoms with Crippen molar-refractivity contribution in [3.63, 3.8) is 0 Å². The van der Waals surface area contributed by atoms with Gasteiger partial charge < -0.3 is 59.9 Å².